The van der Waals surface area contributed by atoms with E-state index >= 15 is 0 Å². The van der Waals surface area contributed by atoms with Crippen LogP contribution >= 0.6 is 11.6 Å². The molecule has 0 bridgehead atoms. The maximum atomic E-state index is 13.1. The van der Waals surface area contributed by atoms with Gasteiger partial charge in [0.1, 0.15) is 5.82 Å². The highest BCUT2D eigenvalue weighted by Crippen LogP contribution is 2.37. The summed E-state index contributed by atoms with van der Waals surface area (Å²) in [5, 5.41) is 10.4. The molecular weight excluding hydrogens is 267 g/mol. The second-order valence-electron chi connectivity index (χ2n) is 4.93. The lowest BCUT2D eigenvalue weighted by Crippen LogP contribution is -2.08. The molecular formula is C14H14ClFN2O. The Kier molecular flexibility index (Phi) is 3.29. The van der Waals surface area contributed by atoms with Gasteiger partial charge in [-0.25, -0.2) is 9.37 Å². The smallest absolute Gasteiger partial charge is 0.141 e. The van der Waals surface area contributed by atoms with Crippen LogP contribution in [0.15, 0.2) is 30.7 Å². The first-order chi connectivity index (χ1) is 9.15. The van der Waals surface area contributed by atoms with Crippen molar-refractivity contribution in [3.63, 3.8) is 0 Å². The average Bonchev–Trinajstić information content (AvgIpc) is 3.11. The lowest BCUT2D eigenvalue weighted by Gasteiger charge is -2.13. The maximum absolute atomic E-state index is 13.1. The summed E-state index contributed by atoms with van der Waals surface area (Å²) in [5.74, 6) is -0.442. The molecule has 3 rings (SSSR count). The van der Waals surface area contributed by atoms with Crippen LogP contribution < -0.4 is 0 Å². The Hall–Kier alpha value is -1.39. The van der Waals surface area contributed by atoms with Crippen molar-refractivity contribution in [3.05, 3.63) is 52.8 Å². The molecule has 1 N–H and O–H groups in total. The van der Waals surface area contributed by atoms with Crippen molar-refractivity contribution in [2.45, 2.75) is 31.4 Å². The van der Waals surface area contributed by atoms with Crippen molar-refractivity contribution in [3.8, 4) is 0 Å². The third-order valence-electron chi connectivity index (χ3n) is 3.39. The van der Waals surface area contributed by atoms with Gasteiger partial charge in [0.05, 0.1) is 29.3 Å². The van der Waals surface area contributed by atoms with Gasteiger partial charge in [0, 0.05) is 12.5 Å². The SMILES string of the molecule is OC(Cc1ccc(F)c(Cl)c1)c1cncn1C1CC1. The van der Waals surface area contributed by atoms with Gasteiger partial charge in [0.15, 0.2) is 0 Å². The summed E-state index contributed by atoms with van der Waals surface area (Å²) in [6.07, 6.45) is 5.47. The fourth-order valence-corrected chi connectivity index (χ4v) is 2.43. The molecule has 1 fully saturated rings. The number of nitrogens with zero attached hydrogens (tertiary/aromatic N) is 2. The van der Waals surface area contributed by atoms with E-state index in [9.17, 15) is 9.50 Å². The minimum Gasteiger partial charge on any atom is -0.386 e. The van der Waals surface area contributed by atoms with E-state index in [4.69, 9.17) is 11.6 Å². The molecule has 19 heavy (non-hydrogen) atoms. The molecule has 0 radical (unpaired) electrons. The first kappa shape index (κ1) is 12.6. The van der Waals surface area contributed by atoms with Gasteiger partial charge in [-0.1, -0.05) is 17.7 Å². The van der Waals surface area contributed by atoms with Crippen LogP contribution in [0, 0.1) is 5.82 Å². The van der Waals surface area contributed by atoms with E-state index in [0.717, 1.165) is 24.1 Å². The summed E-state index contributed by atoms with van der Waals surface area (Å²) in [6.45, 7) is 0. The number of hydrogen-bond acceptors (Lipinski definition) is 2. The third kappa shape index (κ3) is 2.65. The topological polar surface area (TPSA) is 38.1 Å². The van der Waals surface area contributed by atoms with Crippen molar-refractivity contribution in [1.29, 1.82) is 0 Å². The molecule has 1 atom stereocenters. The lowest BCUT2D eigenvalue weighted by molar-refractivity contribution is 0.168. The largest absolute Gasteiger partial charge is 0.386 e. The minimum absolute atomic E-state index is 0.0837. The fourth-order valence-electron chi connectivity index (χ4n) is 2.23. The molecule has 1 saturated carbocycles. The van der Waals surface area contributed by atoms with Crippen molar-refractivity contribution in [2.24, 2.45) is 0 Å². The van der Waals surface area contributed by atoms with E-state index < -0.39 is 11.9 Å². The van der Waals surface area contributed by atoms with Crippen LogP contribution in [0.3, 0.4) is 0 Å². The molecule has 0 amide bonds. The third-order valence-corrected chi connectivity index (χ3v) is 3.68. The molecule has 1 heterocycles. The number of benzene rings is 1. The Morgan fingerprint density at radius 3 is 2.95 bits per heavy atom. The van der Waals surface area contributed by atoms with E-state index in [-0.39, 0.29) is 5.02 Å². The number of aromatic nitrogens is 2. The van der Waals surface area contributed by atoms with Gasteiger partial charge >= 0.3 is 0 Å². The predicted octanol–water partition coefficient (Wildman–Crippen LogP) is 3.29. The molecule has 1 aromatic carbocycles. The van der Waals surface area contributed by atoms with Gasteiger partial charge in [0.25, 0.3) is 0 Å². The summed E-state index contributed by atoms with van der Waals surface area (Å²) in [6, 6.07) is 4.99. The summed E-state index contributed by atoms with van der Waals surface area (Å²) >= 11 is 5.74. The van der Waals surface area contributed by atoms with Crippen LogP contribution in [0.5, 0.6) is 0 Å². The maximum Gasteiger partial charge on any atom is 0.141 e. The summed E-state index contributed by atoms with van der Waals surface area (Å²) in [5.41, 5.74) is 1.62. The first-order valence-corrected chi connectivity index (χ1v) is 6.66. The molecule has 0 aliphatic heterocycles. The van der Waals surface area contributed by atoms with E-state index in [0.29, 0.717) is 12.5 Å². The van der Waals surface area contributed by atoms with Crippen LogP contribution in [0.1, 0.15) is 36.2 Å². The summed E-state index contributed by atoms with van der Waals surface area (Å²) in [7, 11) is 0. The van der Waals surface area contributed by atoms with Crippen LogP contribution in [0.4, 0.5) is 4.39 Å². The number of aliphatic hydroxyl groups is 1. The van der Waals surface area contributed by atoms with E-state index in [1.165, 1.54) is 6.07 Å². The number of imidazole rings is 1. The van der Waals surface area contributed by atoms with Crippen LogP contribution in [-0.2, 0) is 6.42 Å². The Bertz CT molecular complexity index is 595. The molecule has 2 aromatic rings. The van der Waals surface area contributed by atoms with E-state index in [1.54, 1.807) is 24.7 Å². The molecule has 3 nitrogen and oxygen atoms in total. The molecule has 1 aliphatic rings. The van der Waals surface area contributed by atoms with Gasteiger partial charge in [0.2, 0.25) is 0 Å². The number of rotatable bonds is 4. The first-order valence-electron chi connectivity index (χ1n) is 6.29. The van der Waals surface area contributed by atoms with Gasteiger partial charge in [-0.05, 0) is 30.5 Å². The minimum atomic E-state index is -0.648. The highest BCUT2D eigenvalue weighted by molar-refractivity contribution is 6.30. The van der Waals surface area contributed by atoms with Gasteiger partial charge in [-0.3, -0.25) is 0 Å². The molecule has 1 aliphatic carbocycles. The molecule has 5 heteroatoms. The van der Waals surface area contributed by atoms with Crippen LogP contribution in [0.25, 0.3) is 0 Å². The van der Waals surface area contributed by atoms with Gasteiger partial charge < -0.3 is 9.67 Å². The summed E-state index contributed by atoms with van der Waals surface area (Å²) < 4.78 is 15.1. The molecule has 0 saturated heterocycles. The fraction of sp³-hybridized carbons (Fsp3) is 0.357. The Morgan fingerprint density at radius 1 is 1.47 bits per heavy atom. The standard InChI is InChI=1S/C14H14ClFN2O/c15-11-5-9(1-4-12(11)16)6-14(19)13-7-17-8-18(13)10-2-3-10/h1,4-5,7-8,10,14,19H,2-3,6H2. The average molecular weight is 281 g/mol. The lowest BCUT2D eigenvalue weighted by atomic mass is 10.1. The van der Waals surface area contributed by atoms with E-state index in [2.05, 4.69) is 4.98 Å². The second-order valence-corrected chi connectivity index (χ2v) is 5.33. The number of aliphatic hydroxyl groups excluding tert-OH is 1. The molecule has 1 aromatic heterocycles. The number of halogens is 2. The van der Waals surface area contributed by atoms with Crippen LogP contribution in [-0.4, -0.2) is 14.7 Å². The van der Waals surface area contributed by atoms with Crippen LogP contribution in [0.2, 0.25) is 5.02 Å². The van der Waals surface area contributed by atoms with Gasteiger partial charge in [-0.15, -0.1) is 0 Å². The molecule has 0 spiro atoms. The zero-order chi connectivity index (χ0) is 13.4. The van der Waals surface area contributed by atoms with Gasteiger partial charge in [-0.2, -0.15) is 0 Å². The highest BCUT2D eigenvalue weighted by atomic mass is 35.5. The summed E-state index contributed by atoms with van der Waals surface area (Å²) in [4.78, 5) is 4.09. The normalized spacial score (nSPS) is 16.6. The molecule has 1 unspecified atom stereocenters. The van der Waals surface area contributed by atoms with E-state index in [1.807, 2.05) is 4.57 Å². The number of hydrogen-bond donors (Lipinski definition) is 1. The second kappa shape index (κ2) is 4.94. The zero-order valence-electron chi connectivity index (χ0n) is 10.3. The van der Waals surface area contributed by atoms with Crippen molar-refractivity contribution >= 4 is 11.6 Å². The van der Waals surface area contributed by atoms with Crippen molar-refractivity contribution in [1.82, 2.24) is 9.55 Å². The monoisotopic (exact) mass is 280 g/mol. The zero-order valence-corrected chi connectivity index (χ0v) is 11.0. The Morgan fingerprint density at radius 2 is 2.26 bits per heavy atom. The quantitative estimate of drug-likeness (QED) is 0.933. The highest BCUT2D eigenvalue weighted by Gasteiger charge is 2.27. The Labute approximate surface area is 115 Å². The Balaban J connectivity index is 1.78. The van der Waals surface area contributed by atoms with Crippen molar-refractivity contribution < 1.29 is 9.50 Å². The van der Waals surface area contributed by atoms with Crippen molar-refractivity contribution in [2.75, 3.05) is 0 Å². The predicted molar refractivity (Wildman–Crippen MR) is 70.6 cm³/mol. The molecule has 100 valence electrons.